The third-order valence-corrected chi connectivity index (χ3v) is 2.61. The Morgan fingerprint density at radius 3 is 2.73 bits per heavy atom. The maximum absolute atomic E-state index is 13.0. The standard InChI is InChI=1S/C12H16FNO/c1-3-9(7-14)12(15)11-6-10(13)5-4-8(11)2/h4-6,9H,3,7,14H2,1-2H3. The number of carbonyl (C=O) groups excluding carboxylic acids is 1. The first kappa shape index (κ1) is 11.9. The quantitative estimate of drug-likeness (QED) is 0.773. The molecule has 1 unspecified atom stereocenters. The van der Waals surface area contributed by atoms with Gasteiger partial charge in [0.1, 0.15) is 5.82 Å². The van der Waals surface area contributed by atoms with Crippen LogP contribution in [0.1, 0.15) is 29.3 Å². The second-order valence-electron chi connectivity index (χ2n) is 3.66. The smallest absolute Gasteiger partial charge is 0.167 e. The topological polar surface area (TPSA) is 43.1 Å². The van der Waals surface area contributed by atoms with Gasteiger partial charge in [0.05, 0.1) is 0 Å². The van der Waals surface area contributed by atoms with Gasteiger partial charge in [-0.1, -0.05) is 13.0 Å². The van der Waals surface area contributed by atoms with Crippen LogP contribution in [-0.4, -0.2) is 12.3 Å². The number of hydrogen-bond acceptors (Lipinski definition) is 2. The lowest BCUT2D eigenvalue weighted by atomic mass is 9.93. The van der Waals surface area contributed by atoms with Gasteiger partial charge in [0, 0.05) is 18.0 Å². The number of benzene rings is 1. The van der Waals surface area contributed by atoms with Crippen LogP contribution in [0.4, 0.5) is 4.39 Å². The zero-order valence-corrected chi connectivity index (χ0v) is 9.09. The minimum atomic E-state index is -0.379. The summed E-state index contributed by atoms with van der Waals surface area (Å²) in [6.45, 7) is 4.02. The molecule has 0 aliphatic heterocycles. The van der Waals surface area contributed by atoms with Gasteiger partial charge < -0.3 is 5.73 Å². The van der Waals surface area contributed by atoms with Crippen LogP contribution in [0, 0.1) is 18.7 Å². The predicted octanol–water partition coefficient (Wildman–Crippen LogP) is 2.30. The summed E-state index contributed by atoms with van der Waals surface area (Å²) < 4.78 is 13.0. The van der Waals surface area contributed by atoms with Crippen molar-refractivity contribution in [3.05, 3.63) is 35.1 Å². The van der Waals surface area contributed by atoms with Gasteiger partial charge in [-0.15, -0.1) is 0 Å². The average Bonchev–Trinajstić information content (AvgIpc) is 2.23. The minimum Gasteiger partial charge on any atom is -0.330 e. The summed E-state index contributed by atoms with van der Waals surface area (Å²) in [5, 5.41) is 0. The molecule has 1 atom stereocenters. The predicted molar refractivity (Wildman–Crippen MR) is 58.3 cm³/mol. The van der Waals surface area contributed by atoms with E-state index in [1.54, 1.807) is 13.0 Å². The van der Waals surface area contributed by atoms with Crippen LogP contribution >= 0.6 is 0 Å². The van der Waals surface area contributed by atoms with Gasteiger partial charge in [0.15, 0.2) is 5.78 Å². The Morgan fingerprint density at radius 1 is 1.53 bits per heavy atom. The van der Waals surface area contributed by atoms with Gasteiger partial charge in [-0.3, -0.25) is 4.79 Å². The largest absolute Gasteiger partial charge is 0.330 e. The van der Waals surface area contributed by atoms with Crippen LogP contribution in [-0.2, 0) is 0 Å². The third kappa shape index (κ3) is 2.63. The molecule has 0 saturated carbocycles. The zero-order chi connectivity index (χ0) is 11.4. The number of ketones is 1. The van der Waals surface area contributed by atoms with E-state index < -0.39 is 0 Å². The number of rotatable bonds is 4. The highest BCUT2D eigenvalue weighted by molar-refractivity contribution is 5.99. The molecule has 0 spiro atoms. The third-order valence-electron chi connectivity index (χ3n) is 2.61. The molecular formula is C12H16FNO. The van der Waals surface area contributed by atoms with Crippen molar-refractivity contribution < 1.29 is 9.18 Å². The monoisotopic (exact) mass is 209 g/mol. The Hall–Kier alpha value is -1.22. The van der Waals surface area contributed by atoms with Gasteiger partial charge in [-0.05, 0) is 31.0 Å². The highest BCUT2D eigenvalue weighted by atomic mass is 19.1. The van der Waals surface area contributed by atoms with Crippen molar-refractivity contribution in [3.8, 4) is 0 Å². The van der Waals surface area contributed by atoms with Crippen LogP contribution < -0.4 is 5.73 Å². The fraction of sp³-hybridized carbons (Fsp3) is 0.417. The van der Waals surface area contributed by atoms with Crippen molar-refractivity contribution in [1.29, 1.82) is 0 Å². The molecule has 3 heteroatoms. The second kappa shape index (κ2) is 5.03. The molecule has 2 nitrogen and oxygen atoms in total. The number of carbonyl (C=O) groups is 1. The Balaban J connectivity index is 3.04. The number of Topliss-reactive ketones (excluding diaryl/α,β-unsaturated/α-hetero) is 1. The molecule has 15 heavy (non-hydrogen) atoms. The zero-order valence-electron chi connectivity index (χ0n) is 9.09. The van der Waals surface area contributed by atoms with Crippen LogP contribution in [0.25, 0.3) is 0 Å². The number of nitrogens with two attached hydrogens (primary N) is 1. The lowest BCUT2D eigenvalue weighted by molar-refractivity contribution is 0.0920. The second-order valence-corrected chi connectivity index (χ2v) is 3.66. The number of halogens is 1. The van der Waals surface area contributed by atoms with Crippen molar-refractivity contribution in [1.82, 2.24) is 0 Å². The first-order valence-corrected chi connectivity index (χ1v) is 5.10. The van der Waals surface area contributed by atoms with E-state index in [9.17, 15) is 9.18 Å². The lowest BCUT2D eigenvalue weighted by Crippen LogP contribution is -2.23. The van der Waals surface area contributed by atoms with Crippen molar-refractivity contribution in [2.45, 2.75) is 20.3 Å². The number of hydrogen-bond donors (Lipinski definition) is 1. The molecule has 1 aromatic rings. The molecule has 1 rings (SSSR count). The Bertz CT molecular complexity index is 359. The molecule has 0 aliphatic rings. The maximum atomic E-state index is 13.0. The first-order chi connectivity index (χ1) is 7.10. The van der Waals surface area contributed by atoms with E-state index in [2.05, 4.69) is 0 Å². The van der Waals surface area contributed by atoms with Gasteiger partial charge in [-0.2, -0.15) is 0 Å². The SMILES string of the molecule is CCC(CN)C(=O)c1cc(F)ccc1C. The van der Waals surface area contributed by atoms with E-state index >= 15 is 0 Å². The summed E-state index contributed by atoms with van der Waals surface area (Å²) in [6, 6.07) is 4.26. The van der Waals surface area contributed by atoms with E-state index in [4.69, 9.17) is 5.73 Å². The van der Waals surface area contributed by atoms with Crippen LogP contribution in [0.2, 0.25) is 0 Å². The van der Waals surface area contributed by atoms with Gasteiger partial charge in [-0.25, -0.2) is 4.39 Å². The van der Waals surface area contributed by atoms with Crippen LogP contribution in [0.5, 0.6) is 0 Å². The molecule has 0 fully saturated rings. The molecule has 0 amide bonds. The summed E-state index contributed by atoms with van der Waals surface area (Å²) in [5.74, 6) is -0.640. The van der Waals surface area contributed by atoms with Crippen LogP contribution in [0.15, 0.2) is 18.2 Å². The van der Waals surface area contributed by atoms with Gasteiger partial charge in [0.25, 0.3) is 0 Å². The lowest BCUT2D eigenvalue weighted by Gasteiger charge is -2.12. The molecule has 0 heterocycles. The first-order valence-electron chi connectivity index (χ1n) is 5.10. The van der Waals surface area contributed by atoms with E-state index in [0.29, 0.717) is 18.5 Å². The van der Waals surface area contributed by atoms with E-state index in [1.807, 2.05) is 6.92 Å². The Kier molecular flexibility index (Phi) is 3.97. The Morgan fingerprint density at radius 2 is 2.20 bits per heavy atom. The molecule has 2 N–H and O–H groups in total. The molecule has 0 aromatic heterocycles. The van der Waals surface area contributed by atoms with E-state index in [0.717, 1.165) is 5.56 Å². The summed E-state index contributed by atoms with van der Waals surface area (Å²) in [4.78, 5) is 11.9. The Labute approximate surface area is 89.3 Å². The van der Waals surface area contributed by atoms with E-state index in [-0.39, 0.29) is 17.5 Å². The van der Waals surface area contributed by atoms with Crippen molar-refractivity contribution in [3.63, 3.8) is 0 Å². The summed E-state index contributed by atoms with van der Waals surface area (Å²) in [5.41, 5.74) is 6.75. The maximum Gasteiger partial charge on any atom is 0.167 e. The fourth-order valence-electron chi connectivity index (χ4n) is 1.54. The normalized spacial score (nSPS) is 12.5. The number of aryl methyl sites for hydroxylation is 1. The molecule has 0 saturated heterocycles. The fourth-order valence-corrected chi connectivity index (χ4v) is 1.54. The molecule has 0 bridgehead atoms. The van der Waals surface area contributed by atoms with Crippen molar-refractivity contribution >= 4 is 5.78 Å². The van der Waals surface area contributed by atoms with Crippen molar-refractivity contribution in [2.75, 3.05) is 6.54 Å². The molecule has 82 valence electrons. The highest BCUT2D eigenvalue weighted by Crippen LogP contribution is 2.16. The van der Waals surface area contributed by atoms with Gasteiger partial charge >= 0.3 is 0 Å². The summed E-state index contributed by atoms with van der Waals surface area (Å²) in [7, 11) is 0. The van der Waals surface area contributed by atoms with Crippen molar-refractivity contribution in [2.24, 2.45) is 11.7 Å². The molecule has 1 aromatic carbocycles. The summed E-state index contributed by atoms with van der Waals surface area (Å²) >= 11 is 0. The summed E-state index contributed by atoms with van der Waals surface area (Å²) in [6.07, 6.45) is 0.686. The van der Waals surface area contributed by atoms with Gasteiger partial charge in [0.2, 0.25) is 0 Å². The minimum absolute atomic E-state index is 0.0583. The average molecular weight is 209 g/mol. The van der Waals surface area contributed by atoms with E-state index in [1.165, 1.54) is 12.1 Å². The molecular weight excluding hydrogens is 193 g/mol. The molecule has 0 radical (unpaired) electrons. The molecule has 0 aliphatic carbocycles. The highest BCUT2D eigenvalue weighted by Gasteiger charge is 2.18. The van der Waals surface area contributed by atoms with Crippen LogP contribution in [0.3, 0.4) is 0 Å².